The summed E-state index contributed by atoms with van der Waals surface area (Å²) < 4.78 is 6.13. The molecule has 0 bridgehead atoms. The number of hydrogen-bond acceptors (Lipinski definition) is 6. The van der Waals surface area contributed by atoms with E-state index >= 15 is 0 Å². The second kappa shape index (κ2) is 5.43. The molecule has 1 fully saturated rings. The van der Waals surface area contributed by atoms with E-state index in [-0.39, 0.29) is 0 Å². The van der Waals surface area contributed by atoms with Gasteiger partial charge in [0.15, 0.2) is 0 Å². The van der Waals surface area contributed by atoms with Crippen molar-refractivity contribution in [2.45, 2.75) is 64.4 Å². The van der Waals surface area contributed by atoms with Gasteiger partial charge in [0.1, 0.15) is 16.6 Å². The van der Waals surface area contributed by atoms with Crippen LogP contribution >= 0.6 is 11.3 Å². The Bertz CT molecular complexity index is 748. The fourth-order valence-electron chi connectivity index (χ4n) is 3.68. The normalized spacial score (nSPS) is 23.4. The number of carboxylic acids is 1. The SMILES string of the molecule is CC1(C)Cc2c(sc(NC(O)C3(C(=O)O)CC3)c2C(N)=O)C(C)(C)O1. The fourth-order valence-corrected chi connectivity index (χ4v) is 4.97. The Kier molecular flexibility index (Phi) is 3.94. The van der Waals surface area contributed by atoms with Crippen LogP contribution in [-0.4, -0.2) is 33.9 Å². The Morgan fingerprint density at radius 1 is 1.28 bits per heavy atom. The Balaban J connectivity index is 2.03. The number of fused-ring (bicyclic) bond motifs is 1. The molecule has 8 heteroatoms. The van der Waals surface area contributed by atoms with Gasteiger partial charge < -0.3 is 26.0 Å². The van der Waals surface area contributed by atoms with Gasteiger partial charge in [-0.15, -0.1) is 11.3 Å². The second-order valence-corrected chi connectivity index (χ2v) is 9.06. The molecule has 1 aliphatic carbocycles. The number of aliphatic hydroxyl groups is 1. The first-order valence-electron chi connectivity index (χ1n) is 8.24. The largest absolute Gasteiger partial charge is 0.481 e. The maximum absolute atomic E-state index is 12.1. The van der Waals surface area contributed by atoms with Crippen LogP contribution in [0.4, 0.5) is 5.00 Å². The van der Waals surface area contributed by atoms with E-state index in [1.807, 2.05) is 27.7 Å². The summed E-state index contributed by atoms with van der Waals surface area (Å²) in [5, 5.41) is 23.0. The number of anilines is 1. The molecule has 2 heterocycles. The first kappa shape index (κ1) is 18.2. The highest BCUT2D eigenvalue weighted by Crippen LogP contribution is 2.52. The van der Waals surface area contributed by atoms with Gasteiger partial charge in [0.05, 0.1) is 16.8 Å². The summed E-state index contributed by atoms with van der Waals surface area (Å²) in [6.07, 6.45) is 0.0346. The molecular formula is C17H24N2O5S. The van der Waals surface area contributed by atoms with Crippen molar-refractivity contribution in [2.24, 2.45) is 11.1 Å². The van der Waals surface area contributed by atoms with Crippen LogP contribution in [0, 0.1) is 5.41 Å². The molecule has 0 aromatic carbocycles. The molecular weight excluding hydrogens is 344 g/mol. The third-order valence-electron chi connectivity index (χ3n) is 4.94. The number of carboxylic acid groups (broad SMARTS) is 1. The van der Waals surface area contributed by atoms with Crippen molar-refractivity contribution in [3.05, 3.63) is 16.0 Å². The number of ether oxygens (including phenoxy) is 1. The molecule has 3 rings (SSSR count). The van der Waals surface area contributed by atoms with Crippen LogP contribution in [0.2, 0.25) is 0 Å². The minimum atomic E-state index is -1.28. The summed E-state index contributed by atoms with van der Waals surface area (Å²) in [6.45, 7) is 7.75. The van der Waals surface area contributed by atoms with Crippen molar-refractivity contribution in [1.29, 1.82) is 0 Å². The summed E-state index contributed by atoms with van der Waals surface area (Å²) in [5.74, 6) is -1.64. The summed E-state index contributed by atoms with van der Waals surface area (Å²) in [5.41, 5.74) is 4.48. The van der Waals surface area contributed by atoms with E-state index in [9.17, 15) is 19.8 Å². The number of amides is 1. The zero-order chi connectivity index (χ0) is 18.8. The molecule has 1 aromatic heterocycles. The van der Waals surface area contributed by atoms with Crippen LogP contribution < -0.4 is 11.1 Å². The van der Waals surface area contributed by atoms with Gasteiger partial charge in [-0.05, 0) is 46.1 Å². The molecule has 0 radical (unpaired) electrons. The van der Waals surface area contributed by atoms with Crippen molar-refractivity contribution in [3.63, 3.8) is 0 Å². The molecule has 138 valence electrons. The zero-order valence-corrected chi connectivity index (χ0v) is 15.6. The lowest BCUT2D eigenvalue weighted by Gasteiger charge is -2.41. The second-order valence-electron chi connectivity index (χ2n) is 8.04. The number of hydrogen-bond donors (Lipinski definition) is 4. The predicted octanol–water partition coefficient (Wildman–Crippen LogP) is 2.03. The molecule has 5 N–H and O–H groups in total. The lowest BCUT2D eigenvalue weighted by atomic mass is 9.86. The van der Waals surface area contributed by atoms with Gasteiger partial charge in [0, 0.05) is 11.3 Å². The molecule has 1 amide bonds. The number of aliphatic carboxylic acids is 1. The lowest BCUT2D eigenvalue weighted by molar-refractivity contribution is -0.147. The van der Waals surface area contributed by atoms with Gasteiger partial charge in [-0.3, -0.25) is 9.59 Å². The molecule has 1 aromatic rings. The van der Waals surface area contributed by atoms with Crippen molar-refractivity contribution in [2.75, 3.05) is 5.32 Å². The third kappa shape index (κ3) is 2.92. The first-order chi connectivity index (χ1) is 11.4. The number of carbonyl (C=O) groups is 2. The number of carbonyl (C=O) groups excluding carboxylic acids is 1. The van der Waals surface area contributed by atoms with Crippen molar-refractivity contribution in [1.82, 2.24) is 0 Å². The molecule has 25 heavy (non-hydrogen) atoms. The molecule has 0 saturated heterocycles. The average Bonchev–Trinajstić information content (AvgIpc) is 3.15. The van der Waals surface area contributed by atoms with Crippen molar-refractivity contribution >= 4 is 28.2 Å². The van der Waals surface area contributed by atoms with Crippen LogP contribution in [0.1, 0.15) is 61.3 Å². The van der Waals surface area contributed by atoms with E-state index in [0.29, 0.717) is 29.8 Å². The Labute approximate surface area is 150 Å². The summed E-state index contributed by atoms with van der Waals surface area (Å²) in [7, 11) is 0. The zero-order valence-electron chi connectivity index (χ0n) is 14.8. The van der Waals surface area contributed by atoms with Crippen LogP contribution in [0.5, 0.6) is 0 Å². The Morgan fingerprint density at radius 2 is 1.88 bits per heavy atom. The quantitative estimate of drug-likeness (QED) is 0.590. The van der Waals surface area contributed by atoms with Gasteiger partial charge >= 0.3 is 5.97 Å². The minimum Gasteiger partial charge on any atom is -0.481 e. The monoisotopic (exact) mass is 368 g/mol. The van der Waals surface area contributed by atoms with Crippen LogP contribution in [0.3, 0.4) is 0 Å². The van der Waals surface area contributed by atoms with Gasteiger partial charge in [0.25, 0.3) is 5.91 Å². The maximum atomic E-state index is 12.1. The minimum absolute atomic E-state index is 0.324. The molecule has 0 spiro atoms. The smallest absolute Gasteiger partial charge is 0.314 e. The van der Waals surface area contributed by atoms with Crippen LogP contribution in [0.15, 0.2) is 0 Å². The standard InChI is InChI=1S/C17H24N2O5S/c1-15(2)7-8-9(11(18)20)12(25-10(8)16(3,4)24-15)19-13(21)17(5-6-17)14(22)23/h13,19,21H,5-7H2,1-4H3,(H2,18,20)(H,22,23). The first-order valence-corrected chi connectivity index (χ1v) is 9.05. The molecule has 2 aliphatic rings. The van der Waals surface area contributed by atoms with Crippen LogP contribution in [-0.2, 0) is 21.6 Å². The number of aliphatic hydroxyl groups excluding tert-OH is 1. The van der Waals surface area contributed by atoms with E-state index in [0.717, 1.165) is 10.4 Å². The van der Waals surface area contributed by atoms with Gasteiger partial charge in [-0.1, -0.05) is 0 Å². The summed E-state index contributed by atoms with van der Waals surface area (Å²) >= 11 is 1.29. The number of primary amides is 1. The van der Waals surface area contributed by atoms with Gasteiger partial charge in [-0.2, -0.15) is 0 Å². The number of thiophene rings is 1. The lowest BCUT2D eigenvalue weighted by Crippen LogP contribution is -2.42. The van der Waals surface area contributed by atoms with Crippen LogP contribution in [0.25, 0.3) is 0 Å². The third-order valence-corrected chi connectivity index (χ3v) is 6.41. The van der Waals surface area contributed by atoms with Crippen molar-refractivity contribution in [3.8, 4) is 0 Å². The molecule has 1 unspecified atom stereocenters. The Morgan fingerprint density at radius 3 is 2.36 bits per heavy atom. The maximum Gasteiger partial charge on any atom is 0.314 e. The number of rotatable bonds is 5. The molecule has 1 atom stereocenters. The number of nitrogens with two attached hydrogens (primary N) is 1. The summed E-state index contributed by atoms with van der Waals surface area (Å²) in [6, 6.07) is 0. The van der Waals surface area contributed by atoms with Crippen molar-refractivity contribution < 1.29 is 24.5 Å². The molecule has 7 nitrogen and oxygen atoms in total. The molecule has 1 aliphatic heterocycles. The highest BCUT2D eigenvalue weighted by atomic mass is 32.1. The fraction of sp³-hybridized carbons (Fsp3) is 0.647. The van der Waals surface area contributed by atoms with E-state index in [4.69, 9.17) is 10.5 Å². The topological polar surface area (TPSA) is 122 Å². The molecule has 1 saturated carbocycles. The van der Waals surface area contributed by atoms with E-state index < -0.39 is 34.7 Å². The van der Waals surface area contributed by atoms with E-state index in [2.05, 4.69) is 5.32 Å². The van der Waals surface area contributed by atoms with E-state index in [1.54, 1.807) is 0 Å². The van der Waals surface area contributed by atoms with Gasteiger partial charge in [0.2, 0.25) is 0 Å². The predicted molar refractivity (Wildman–Crippen MR) is 93.7 cm³/mol. The summed E-state index contributed by atoms with van der Waals surface area (Å²) in [4.78, 5) is 24.4. The average molecular weight is 368 g/mol. The Hall–Kier alpha value is -1.64. The van der Waals surface area contributed by atoms with Gasteiger partial charge in [-0.25, -0.2) is 0 Å². The highest BCUT2D eigenvalue weighted by molar-refractivity contribution is 7.17. The highest BCUT2D eigenvalue weighted by Gasteiger charge is 2.56. The van der Waals surface area contributed by atoms with E-state index in [1.165, 1.54) is 11.3 Å². The number of nitrogens with one attached hydrogen (secondary N) is 1.